The second kappa shape index (κ2) is 5.21. The van der Waals surface area contributed by atoms with E-state index < -0.39 is 5.97 Å². The molecule has 0 saturated carbocycles. The molecule has 0 amide bonds. The molecule has 0 spiro atoms. The second-order valence-corrected chi connectivity index (χ2v) is 5.94. The van der Waals surface area contributed by atoms with E-state index in [0.717, 1.165) is 17.0 Å². The van der Waals surface area contributed by atoms with Crippen molar-refractivity contribution in [1.29, 1.82) is 0 Å². The number of carbonyl (C=O) groups is 1. The fourth-order valence-electron chi connectivity index (χ4n) is 2.38. The van der Waals surface area contributed by atoms with Crippen molar-refractivity contribution >= 4 is 23.4 Å². The fourth-order valence-corrected chi connectivity index (χ4v) is 3.54. The number of benzene rings is 2. The predicted molar refractivity (Wildman–Crippen MR) is 81.7 cm³/mol. The average molecular weight is 285 g/mol. The number of aryl methyl sites for hydroxylation is 1. The van der Waals surface area contributed by atoms with Gasteiger partial charge in [-0.1, -0.05) is 24.3 Å². The van der Waals surface area contributed by atoms with Crippen molar-refractivity contribution in [3.63, 3.8) is 0 Å². The van der Waals surface area contributed by atoms with Gasteiger partial charge in [0.05, 0.1) is 11.6 Å². The van der Waals surface area contributed by atoms with E-state index in [0.29, 0.717) is 5.56 Å². The minimum absolute atomic E-state index is 0.235. The molecule has 2 aromatic rings. The van der Waals surface area contributed by atoms with Crippen LogP contribution in [-0.2, 0) is 0 Å². The van der Waals surface area contributed by atoms with Gasteiger partial charge < -0.3 is 10.4 Å². The van der Waals surface area contributed by atoms with E-state index in [4.69, 9.17) is 5.11 Å². The first-order chi connectivity index (χ1) is 9.65. The van der Waals surface area contributed by atoms with Gasteiger partial charge in [-0.15, -0.1) is 11.8 Å². The van der Waals surface area contributed by atoms with Crippen molar-refractivity contribution in [1.82, 2.24) is 0 Å². The van der Waals surface area contributed by atoms with Crippen molar-refractivity contribution in [2.24, 2.45) is 0 Å². The number of hydrogen-bond donors (Lipinski definition) is 2. The summed E-state index contributed by atoms with van der Waals surface area (Å²) in [6, 6.07) is 13.8. The molecule has 0 aliphatic carbocycles. The van der Waals surface area contributed by atoms with Gasteiger partial charge in [0.2, 0.25) is 0 Å². The van der Waals surface area contributed by atoms with Crippen LogP contribution in [0.15, 0.2) is 47.4 Å². The molecule has 1 heterocycles. The smallest absolute Gasteiger partial charge is 0.335 e. The molecule has 3 nitrogen and oxygen atoms in total. The van der Waals surface area contributed by atoms with E-state index in [9.17, 15) is 4.79 Å². The minimum atomic E-state index is -0.894. The van der Waals surface area contributed by atoms with Crippen LogP contribution in [0, 0.1) is 6.92 Å². The molecule has 0 saturated heterocycles. The number of fused-ring (bicyclic) bond motifs is 1. The number of aromatic carboxylic acids is 1. The average Bonchev–Trinajstić information content (AvgIpc) is 2.84. The summed E-state index contributed by atoms with van der Waals surface area (Å²) in [4.78, 5) is 12.4. The van der Waals surface area contributed by atoms with Crippen LogP contribution in [-0.4, -0.2) is 16.8 Å². The SMILES string of the molecule is Cc1ccc(C(=O)O)cc1NC1CSc2ccccc21. The van der Waals surface area contributed by atoms with Crippen LogP contribution in [0.25, 0.3) is 0 Å². The zero-order valence-electron chi connectivity index (χ0n) is 11.1. The highest BCUT2D eigenvalue weighted by molar-refractivity contribution is 7.99. The first kappa shape index (κ1) is 13.1. The Morgan fingerprint density at radius 2 is 2.10 bits per heavy atom. The lowest BCUT2D eigenvalue weighted by Gasteiger charge is -2.17. The Bertz CT molecular complexity index is 669. The van der Waals surface area contributed by atoms with Gasteiger partial charge >= 0.3 is 5.97 Å². The Kier molecular flexibility index (Phi) is 3.40. The van der Waals surface area contributed by atoms with E-state index >= 15 is 0 Å². The molecular formula is C16H15NO2S. The van der Waals surface area contributed by atoms with Crippen molar-refractivity contribution in [3.8, 4) is 0 Å². The Balaban J connectivity index is 1.89. The molecular weight excluding hydrogens is 270 g/mol. The zero-order chi connectivity index (χ0) is 14.1. The molecule has 0 fully saturated rings. The Morgan fingerprint density at radius 3 is 2.90 bits per heavy atom. The van der Waals surface area contributed by atoms with Crippen molar-refractivity contribution in [2.75, 3.05) is 11.1 Å². The first-order valence-corrected chi connectivity index (χ1v) is 7.46. The normalized spacial score (nSPS) is 16.8. The summed E-state index contributed by atoms with van der Waals surface area (Å²) >= 11 is 1.83. The summed E-state index contributed by atoms with van der Waals surface area (Å²) in [5.41, 5.74) is 3.56. The van der Waals surface area contributed by atoms with Crippen molar-refractivity contribution in [3.05, 3.63) is 59.2 Å². The Labute approximate surface area is 122 Å². The lowest BCUT2D eigenvalue weighted by molar-refractivity contribution is 0.0697. The summed E-state index contributed by atoms with van der Waals surface area (Å²) in [5, 5.41) is 12.6. The predicted octanol–water partition coefficient (Wildman–Crippen LogP) is 3.95. The molecule has 2 N–H and O–H groups in total. The van der Waals surface area contributed by atoms with Gasteiger partial charge in [-0.3, -0.25) is 0 Å². The molecule has 0 bridgehead atoms. The monoisotopic (exact) mass is 285 g/mol. The van der Waals surface area contributed by atoms with Crippen molar-refractivity contribution < 1.29 is 9.90 Å². The molecule has 20 heavy (non-hydrogen) atoms. The molecule has 4 heteroatoms. The lowest BCUT2D eigenvalue weighted by atomic mass is 10.1. The zero-order valence-corrected chi connectivity index (χ0v) is 11.9. The van der Waals surface area contributed by atoms with E-state index in [1.54, 1.807) is 12.1 Å². The number of carboxylic acids is 1. The summed E-state index contributed by atoms with van der Waals surface area (Å²) in [6.07, 6.45) is 0. The summed E-state index contributed by atoms with van der Waals surface area (Å²) in [5.74, 6) is 0.0741. The molecule has 1 aliphatic heterocycles. The molecule has 1 atom stereocenters. The highest BCUT2D eigenvalue weighted by Crippen LogP contribution is 2.40. The number of hydrogen-bond acceptors (Lipinski definition) is 3. The van der Waals surface area contributed by atoms with Gasteiger partial charge in [-0.2, -0.15) is 0 Å². The largest absolute Gasteiger partial charge is 0.478 e. The maximum atomic E-state index is 11.1. The fraction of sp³-hybridized carbons (Fsp3) is 0.188. The Hall–Kier alpha value is -1.94. The van der Waals surface area contributed by atoms with Gasteiger partial charge in [0.1, 0.15) is 0 Å². The Morgan fingerprint density at radius 1 is 1.30 bits per heavy atom. The second-order valence-electron chi connectivity index (χ2n) is 4.88. The van der Waals surface area contributed by atoms with Crippen LogP contribution in [0.1, 0.15) is 27.5 Å². The van der Waals surface area contributed by atoms with E-state index in [-0.39, 0.29) is 6.04 Å². The van der Waals surface area contributed by atoms with Crippen LogP contribution in [0.5, 0.6) is 0 Å². The van der Waals surface area contributed by atoms with Gasteiger partial charge in [0.25, 0.3) is 0 Å². The third-order valence-corrected chi connectivity index (χ3v) is 4.70. The van der Waals surface area contributed by atoms with Gasteiger partial charge in [-0.05, 0) is 36.2 Å². The summed E-state index contributed by atoms with van der Waals surface area (Å²) < 4.78 is 0. The van der Waals surface area contributed by atoms with Gasteiger partial charge in [-0.25, -0.2) is 4.79 Å². The van der Waals surface area contributed by atoms with E-state index in [2.05, 4.69) is 17.4 Å². The van der Waals surface area contributed by atoms with Crippen LogP contribution >= 0.6 is 11.8 Å². The highest BCUT2D eigenvalue weighted by atomic mass is 32.2. The third-order valence-electron chi connectivity index (χ3n) is 3.51. The van der Waals surface area contributed by atoms with Gasteiger partial charge in [0, 0.05) is 16.3 Å². The standard InChI is InChI=1S/C16H15NO2S/c1-10-6-7-11(16(18)19)8-13(10)17-14-9-20-15-5-3-2-4-12(14)15/h2-8,14,17H,9H2,1H3,(H,18,19). The lowest BCUT2D eigenvalue weighted by Crippen LogP contribution is -2.11. The molecule has 1 unspecified atom stereocenters. The maximum Gasteiger partial charge on any atom is 0.335 e. The number of thioether (sulfide) groups is 1. The summed E-state index contributed by atoms with van der Waals surface area (Å²) in [7, 11) is 0. The van der Waals surface area contributed by atoms with Crippen LogP contribution in [0.4, 0.5) is 5.69 Å². The van der Waals surface area contributed by atoms with E-state index in [1.165, 1.54) is 10.5 Å². The minimum Gasteiger partial charge on any atom is -0.478 e. The number of rotatable bonds is 3. The maximum absolute atomic E-state index is 11.1. The molecule has 0 aromatic heterocycles. The van der Waals surface area contributed by atoms with Crippen LogP contribution in [0.2, 0.25) is 0 Å². The van der Waals surface area contributed by atoms with Crippen LogP contribution in [0.3, 0.4) is 0 Å². The number of nitrogens with one attached hydrogen (secondary N) is 1. The molecule has 1 aliphatic rings. The molecule has 102 valence electrons. The molecule has 0 radical (unpaired) electrons. The highest BCUT2D eigenvalue weighted by Gasteiger charge is 2.23. The molecule has 2 aromatic carbocycles. The van der Waals surface area contributed by atoms with Gasteiger partial charge in [0.15, 0.2) is 0 Å². The van der Waals surface area contributed by atoms with Crippen LogP contribution < -0.4 is 5.32 Å². The number of carboxylic acid groups (broad SMARTS) is 1. The van der Waals surface area contributed by atoms with Crippen molar-refractivity contribution in [2.45, 2.75) is 17.9 Å². The summed E-state index contributed by atoms with van der Waals surface area (Å²) in [6.45, 7) is 1.99. The molecule has 3 rings (SSSR count). The topological polar surface area (TPSA) is 49.3 Å². The first-order valence-electron chi connectivity index (χ1n) is 6.47. The quantitative estimate of drug-likeness (QED) is 0.896. The number of anilines is 1. The van der Waals surface area contributed by atoms with E-state index in [1.807, 2.05) is 36.9 Å². The third kappa shape index (κ3) is 2.39.